The lowest BCUT2D eigenvalue weighted by Gasteiger charge is -2.36. The standard InChI is InChI=1S/C6H11IN4O2S/c1-14(12,13)10-3-2-5-8-9-6(7)11(5)4-10/h5,8H,2-4H2,1H3. The number of sulfonamides is 1. The molecular formula is C6H11IN4O2S. The molecule has 0 aromatic heterocycles. The van der Waals surface area contributed by atoms with E-state index in [1.807, 2.05) is 4.90 Å². The van der Waals surface area contributed by atoms with Crippen LogP contribution in [0.15, 0.2) is 5.10 Å². The predicted molar refractivity (Wildman–Crippen MR) is 61.3 cm³/mol. The van der Waals surface area contributed by atoms with Gasteiger partial charge < -0.3 is 4.90 Å². The monoisotopic (exact) mass is 330 g/mol. The van der Waals surface area contributed by atoms with E-state index in [0.29, 0.717) is 13.2 Å². The van der Waals surface area contributed by atoms with Gasteiger partial charge in [-0.1, -0.05) is 0 Å². The zero-order chi connectivity index (χ0) is 10.3. The van der Waals surface area contributed by atoms with Crippen molar-refractivity contribution >= 4 is 36.5 Å². The Labute approximate surface area is 96.5 Å². The maximum atomic E-state index is 11.3. The van der Waals surface area contributed by atoms with Gasteiger partial charge in [-0.15, -0.1) is 0 Å². The molecule has 1 fully saturated rings. The molecule has 80 valence electrons. The Kier molecular flexibility index (Phi) is 2.60. The number of rotatable bonds is 1. The highest BCUT2D eigenvalue weighted by Crippen LogP contribution is 2.20. The van der Waals surface area contributed by atoms with Crippen LogP contribution in [-0.4, -0.2) is 47.1 Å². The molecule has 2 heterocycles. The minimum Gasteiger partial charge on any atom is -0.314 e. The summed E-state index contributed by atoms with van der Waals surface area (Å²) >= 11 is 2.10. The number of amidine groups is 1. The molecule has 2 rings (SSSR count). The van der Waals surface area contributed by atoms with Gasteiger partial charge in [-0.05, 0) is 0 Å². The van der Waals surface area contributed by atoms with Crippen LogP contribution in [0, 0.1) is 0 Å². The van der Waals surface area contributed by atoms with Gasteiger partial charge in [-0.3, -0.25) is 5.43 Å². The van der Waals surface area contributed by atoms with Crippen LogP contribution in [0.5, 0.6) is 0 Å². The molecule has 2 aliphatic rings. The number of hydrazone groups is 1. The van der Waals surface area contributed by atoms with Crippen molar-refractivity contribution in [3.05, 3.63) is 0 Å². The summed E-state index contributed by atoms with van der Waals surface area (Å²) in [4.78, 5) is 1.95. The highest BCUT2D eigenvalue weighted by atomic mass is 127. The predicted octanol–water partition coefficient (Wildman–Crippen LogP) is -0.454. The number of hydrogen-bond donors (Lipinski definition) is 1. The first-order valence-electron chi connectivity index (χ1n) is 4.19. The molecule has 0 radical (unpaired) electrons. The van der Waals surface area contributed by atoms with Crippen LogP contribution in [0.4, 0.5) is 0 Å². The molecule has 1 saturated heterocycles. The van der Waals surface area contributed by atoms with Crippen molar-refractivity contribution in [3.8, 4) is 0 Å². The van der Waals surface area contributed by atoms with E-state index in [4.69, 9.17) is 0 Å². The third-order valence-corrected chi connectivity index (χ3v) is 4.45. The maximum absolute atomic E-state index is 11.3. The van der Waals surface area contributed by atoms with E-state index < -0.39 is 10.0 Å². The molecular weight excluding hydrogens is 319 g/mol. The highest BCUT2D eigenvalue weighted by molar-refractivity contribution is 14.1. The molecule has 0 aliphatic carbocycles. The van der Waals surface area contributed by atoms with Crippen molar-refractivity contribution in [2.45, 2.75) is 12.6 Å². The molecule has 14 heavy (non-hydrogen) atoms. The Morgan fingerprint density at radius 3 is 3.00 bits per heavy atom. The second-order valence-electron chi connectivity index (χ2n) is 3.36. The van der Waals surface area contributed by atoms with Crippen molar-refractivity contribution in [2.24, 2.45) is 5.10 Å². The largest absolute Gasteiger partial charge is 0.314 e. The Morgan fingerprint density at radius 1 is 1.64 bits per heavy atom. The first-order chi connectivity index (χ1) is 6.48. The van der Waals surface area contributed by atoms with Crippen LogP contribution < -0.4 is 5.43 Å². The topological polar surface area (TPSA) is 65.0 Å². The lowest BCUT2D eigenvalue weighted by Crippen LogP contribution is -2.53. The van der Waals surface area contributed by atoms with E-state index in [9.17, 15) is 8.42 Å². The summed E-state index contributed by atoms with van der Waals surface area (Å²) < 4.78 is 24.9. The molecule has 0 aromatic carbocycles. The van der Waals surface area contributed by atoms with Gasteiger partial charge in [0.25, 0.3) is 0 Å². The Bertz CT molecular complexity index is 368. The molecule has 0 spiro atoms. The smallest absolute Gasteiger partial charge is 0.212 e. The second-order valence-corrected chi connectivity index (χ2v) is 6.31. The van der Waals surface area contributed by atoms with Crippen LogP contribution in [-0.2, 0) is 10.0 Å². The average Bonchev–Trinajstić information content (AvgIpc) is 2.46. The van der Waals surface area contributed by atoms with E-state index >= 15 is 0 Å². The molecule has 1 N–H and O–H groups in total. The molecule has 0 bridgehead atoms. The van der Waals surface area contributed by atoms with E-state index in [1.165, 1.54) is 10.6 Å². The van der Waals surface area contributed by atoms with Gasteiger partial charge in [-0.2, -0.15) is 9.41 Å². The van der Waals surface area contributed by atoms with Gasteiger partial charge >= 0.3 is 0 Å². The summed E-state index contributed by atoms with van der Waals surface area (Å²) in [6.07, 6.45) is 2.17. The van der Waals surface area contributed by atoms with E-state index in [2.05, 4.69) is 33.1 Å². The average molecular weight is 330 g/mol. The second kappa shape index (κ2) is 3.49. The van der Waals surface area contributed by atoms with Crippen LogP contribution in [0.2, 0.25) is 0 Å². The van der Waals surface area contributed by atoms with E-state index in [-0.39, 0.29) is 6.17 Å². The van der Waals surface area contributed by atoms with Gasteiger partial charge in [-0.25, -0.2) is 8.42 Å². The number of halogens is 1. The zero-order valence-electron chi connectivity index (χ0n) is 7.64. The van der Waals surface area contributed by atoms with Crippen LogP contribution in [0.3, 0.4) is 0 Å². The lowest BCUT2D eigenvalue weighted by atomic mass is 10.3. The number of nitrogens with one attached hydrogen (secondary N) is 1. The van der Waals surface area contributed by atoms with Gasteiger partial charge in [0.05, 0.1) is 12.9 Å². The molecule has 0 aromatic rings. The van der Waals surface area contributed by atoms with Gasteiger partial charge in [0.2, 0.25) is 10.0 Å². The molecule has 0 amide bonds. The minimum absolute atomic E-state index is 0.167. The van der Waals surface area contributed by atoms with Crippen molar-refractivity contribution in [2.75, 3.05) is 19.5 Å². The Hall–Kier alpha value is -0.0900. The third-order valence-electron chi connectivity index (χ3n) is 2.35. The summed E-state index contributed by atoms with van der Waals surface area (Å²) in [5.74, 6) is 0. The fraction of sp³-hybridized carbons (Fsp3) is 0.833. The molecule has 6 nitrogen and oxygen atoms in total. The summed E-state index contributed by atoms with van der Waals surface area (Å²) in [6.45, 7) is 0.963. The summed E-state index contributed by atoms with van der Waals surface area (Å²) in [6, 6.07) is 0. The Morgan fingerprint density at radius 2 is 2.36 bits per heavy atom. The third kappa shape index (κ3) is 1.82. The Balaban J connectivity index is 2.13. The zero-order valence-corrected chi connectivity index (χ0v) is 10.6. The SMILES string of the molecule is CS(=O)(=O)N1CCC2NN=C(I)N2C1. The quantitative estimate of drug-likeness (QED) is 0.522. The number of fused-ring (bicyclic) bond motifs is 1. The van der Waals surface area contributed by atoms with Gasteiger partial charge in [0.15, 0.2) is 3.84 Å². The van der Waals surface area contributed by atoms with Gasteiger partial charge in [0, 0.05) is 35.6 Å². The van der Waals surface area contributed by atoms with Crippen LogP contribution >= 0.6 is 22.6 Å². The van der Waals surface area contributed by atoms with Crippen molar-refractivity contribution in [1.29, 1.82) is 0 Å². The fourth-order valence-electron chi connectivity index (χ4n) is 1.55. The van der Waals surface area contributed by atoms with Crippen molar-refractivity contribution in [3.63, 3.8) is 0 Å². The minimum atomic E-state index is -3.08. The number of hydrogen-bond acceptors (Lipinski definition) is 5. The molecule has 0 saturated carbocycles. The molecule has 8 heteroatoms. The lowest BCUT2D eigenvalue weighted by molar-refractivity contribution is 0.158. The molecule has 1 unspecified atom stereocenters. The van der Waals surface area contributed by atoms with E-state index in [1.54, 1.807) is 0 Å². The first kappa shape index (κ1) is 10.4. The molecule has 2 aliphatic heterocycles. The van der Waals surface area contributed by atoms with Crippen molar-refractivity contribution in [1.82, 2.24) is 14.6 Å². The number of nitrogens with zero attached hydrogens (tertiary/aromatic N) is 3. The van der Waals surface area contributed by atoms with Crippen LogP contribution in [0.25, 0.3) is 0 Å². The summed E-state index contributed by atoms with van der Waals surface area (Å²) in [5.41, 5.74) is 2.97. The summed E-state index contributed by atoms with van der Waals surface area (Å²) in [5, 5.41) is 4.05. The fourth-order valence-corrected chi connectivity index (χ4v) is 2.94. The highest BCUT2D eigenvalue weighted by Gasteiger charge is 2.34. The van der Waals surface area contributed by atoms with Crippen molar-refractivity contribution < 1.29 is 8.42 Å². The van der Waals surface area contributed by atoms with Crippen LogP contribution in [0.1, 0.15) is 6.42 Å². The van der Waals surface area contributed by atoms with E-state index in [0.717, 1.165) is 10.3 Å². The van der Waals surface area contributed by atoms with Gasteiger partial charge in [0.1, 0.15) is 6.17 Å². The normalized spacial score (nSPS) is 28.3. The summed E-state index contributed by atoms with van der Waals surface area (Å²) in [7, 11) is -3.08. The molecule has 1 atom stereocenters. The maximum Gasteiger partial charge on any atom is 0.212 e. The first-order valence-corrected chi connectivity index (χ1v) is 7.11.